The van der Waals surface area contributed by atoms with Crippen LogP contribution in [0.2, 0.25) is 0 Å². The van der Waals surface area contributed by atoms with Gasteiger partial charge in [-0.3, -0.25) is 9.48 Å². The zero-order chi connectivity index (χ0) is 25.0. The van der Waals surface area contributed by atoms with Crippen LogP contribution in [0.15, 0.2) is 16.9 Å². The van der Waals surface area contributed by atoms with Crippen molar-refractivity contribution >= 4 is 21.8 Å². The van der Waals surface area contributed by atoms with E-state index in [2.05, 4.69) is 32.9 Å². The summed E-state index contributed by atoms with van der Waals surface area (Å²) in [7, 11) is 0. The van der Waals surface area contributed by atoms with Crippen molar-refractivity contribution in [3.8, 4) is 0 Å². The Hall–Kier alpha value is -0.840. The molecule has 0 atom stereocenters. The van der Waals surface area contributed by atoms with Gasteiger partial charge in [-0.1, -0.05) is 122 Å². The fraction of sp³-hybridized carbons (Fsp3) is 0.867. The van der Waals surface area contributed by atoms with E-state index in [0.29, 0.717) is 11.9 Å². The van der Waals surface area contributed by atoms with Crippen molar-refractivity contribution in [1.29, 1.82) is 0 Å². The number of rotatable bonds is 21. The molecule has 2 heterocycles. The van der Waals surface area contributed by atoms with Gasteiger partial charge in [0.25, 0.3) is 0 Å². The average Bonchev–Trinajstić information content (AvgIpc) is 3.31. The van der Waals surface area contributed by atoms with Gasteiger partial charge in [0.15, 0.2) is 0 Å². The van der Waals surface area contributed by atoms with Crippen LogP contribution < -0.4 is 0 Å². The topological polar surface area (TPSA) is 38.1 Å². The number of hydrogen-bond acceptors (Lipinski definition) is 2. The summed E-state index contributed by atoms with van der Waals surface area (Å²) in [6.07, 6.45) is 33.0. The van der Waals surface area contributed by atoms with Crippen LogP contribution in [-0.2, 0) is 4.79 Å². The lowest BCUT2D eigenvalue weighted by molar-refractivity contribution is -0.132. The third kappa shape index (κ3) is 14.5. The van der Waals surface area contributed by atoms with E-state index in [9.17, 15) is 4.79 Å². The van der Waals surface area contributed by atoms with E-state index in [1.54, 1.807) is 0 Å². The quantitative estimate of drug-likeness (QED) is 0.142. The van der Waals surface area contributed by atoms with E-state index in [1.165, 1.54) is 116 Å². The summed E-state index contributed by atoms with van der Waals surface area (Å²) in [6, 6.07) is 0.431. The molecular weight excluding hydrogens is 498 g/mol. The van der Waals surface area contributed by atoms with Gasteiger partial charge in [0.1, 0.15) is 0 Å². The highest BCUT2D eigenvalue weighted by Crippen LogP contribution is 2.24. The zero-order valence-electron chi connectivity index (χ0n) is 22.8. The Labute approximate surface area is 225 Å². The van der Waals surface area contributed by atoms with Crippen molar-refractivity contribution in [2.75, 3.05) is 13.1 Å². The number of carbonyl (C=O) groups excluding carboxylic acids is 1. The van der Waals surface area contributed by atoms with Crippen molar-refractivity contribution in [2.45, 2.75) is 154 Å². The molecule has 1 aromatic heterocycles. The second kappa shape index (κ2) is 20.2. The van der Waals surface area contributed by atoms with Crippen LogP contribution in [-0.4, -0.2) is 33.7 Å². The number of halogens is 1. The maximum absolute atomic E-state index is 12.5. The van der Waals surface area contributed by atoms with E-state index in [0.717, 1.165) is 43.2 Å². The highest BCUT2D eigenvalue weighted by atomic mass is 79.9. The largest absolute Gasteiger partial charge is 0.343 e. The number of aromatic nitrogens is 2. The van der Waals surface area contributed by atoms with E-state index in [4.69, 9.17) is 0 Å². The minimum atomic E-state index is 0.358. The van der Waals surface area contributed by atoms with Crippen molar-refractivity contribution in [2.24, 2.45) is 0 Å². The Morgan fingerprint density at radius 1 is 0.771 bits per heavy atom. The highest BCUT2D eigenvalue weighted by molar-refractivity contribution is 9.10. The summed E-state index contributed by atoms with van der Waals surface area (Å²) >= 11 is 3.47. The molecule has 0 saturated carbocycles. The monoisotopic (exact) mass is 551 g/mol. The van der Waals surface area contributed by atoms with Crippen LogP contribution in [0.1, 0.15) is 154 Å². The number of unbranched alkanes of at least 4 members (excludes halogenated alkanes) is 18. The molecule has 35 heavy (non-hydrogen) atoms. The fourth-order valence-corrected chi connectivity index (χ4v) is 5.71. The van der Waals surface area contributed by atoms with Gasteiger partial charge in [0.05, 0.1) is 16.7 Å². The molecule has 1 amide bonds. The lowest BCUT2D eigenvalue weighted by Crippen LogP contribution is -2.39. The van der Waals surface area contributed by atoms with Gasteiger partial charge >= 0.3 is 0 Å². The van der Waals surface area contributed by atoms with Crippen LogP contribution in [0, 0.1) is 0 Å². The predicted molar refractivity (Wildman–Crippen MR) is 153 cm³/mol. The van der Waals surface area contributed by atoms with Crippen molar-refractivity contribution in [3.63, 3.8) is 0 Å². The zero-order valence-corrected chi connectivity index (χ0v) is 24.4. The molecule has 0 radical (unpaired) electrons. The summed E-state index contributed by atoms with van der Waals surface area (Å²) in [5.41, 5.74) is 0. The summed E-state index contributed by atoms with van der Waals surface area (Å²) in [5.74, 6) is 0.358. The molecule has 0 aliphatic carbocycles. The molecule has 0 spiro atoms. The van der Waals surface area contributed by atoms with Gasteiger partial charge in [0.2, 0.25) is 5.91 Å². The summed E-state index contributed by atoms with van der Waals surface area (Å²) in [6.45, 7) is 4.04. The third-order valence-electron chi connectivity index (χ3n) is 7.76. The van der Waals surface area contributed by atoms with Gasteiger partial charge < -0.3 is 4.90 Å². The summed E-state index contributed by atoms with van der Waals surface area (Å²) < 4.78 is 3.07. The van der Waals surface area contributed by atoms with Gasteiger partial charge in [-0.05, 0) is 35.2 Å². The van der Waals surface area contributed by atoms with Crippen molar-refractivity contribution in [3.05, 3.63) is 16.9 Å². The molecule has 202 valence electrons. The van der Waals surface area contributed by atoms with Crippen LogP contribution in [0.4, 0.5) is 0 Å². The minimum absolute atomic E-state index is 0.358. The van der Waals surface area contributed by atoms with Gasteiger partial charge in [0, 0.05) is 25.7 Å². The van der Waals surface area contributed by atoms with Crippen molar-refractivity contribution in [1.82, 2.24) is 14.7 Å². The number of likely N-dealkylation sites (tertiary alicyclic amines) is 1. The van der Waals surface area contributed by atoms with Crippen molar-refractivity contribution < 1.29 is 4.79 Å². The first-order chi connectivity index (χ1) is 17.2. The molecule has 1 saturated heterocycles. The van der Waals surface area contributed by atoms with Crippen LogP contribution >= 0.6 is 15.9 Å². The Kier molecular flexibility index (Phi) is 17.6. The van der Waals surface area contributed by atoms with Crippen LogP contribution in [0.5, 0.6) is 0 Å². The summed E-state index contributed by atoms with van der Waals surface area (Å²) in [5, 5.41) is 4.41. The Morgan fingerprint density at radius 2 is 1.20 bits per heavy atom. The molecular formula is C30H54BrN3O. The number of amides is 1. The Balaban J connectivity index is 1.29. The van der Waals surface area contributed by atoms with Crippen LogP contribution in [0.3, 0.4) is 0 Å². The van der Waals surface area contributed by atoms with Gasteiger partial charge in [-0.15, -0.1) is 0 Å². The molecule has 1 aliphatic heterocycles. The number of carbonyl (C=O) groups is 1. The molecule has 1 fully saturated rings. The molecule has 0 aromatic carbocycles. The van der Waals surface area contributed by atoms with E-state index in [1.807, 2.05) is 17.1 Å². The van der Waals surface area contributed by atoms with Gasteiger partial charge in [-0.2, -0.15) is 5.10 Å². The fourth-order valence-electron chi connectivity index (χ4n) is 5.41. The highest BCUT2D eigenvalue weighted by Gasteiger charge is 2.23. The SMILES string of the molecule is CCCCCCCCCCCCCCCCCCCCCC(=O)N1CCC(n2cc(Br)cn2)CC1. The number of nitrogens with zero attached hydrogens (tertiary/aromatic N) is 3. The molecule has 1 aliphatic rings. The molecule has 0 N–H and O–H groups in total. The molecule has 5 heteroatoms. The number of hydrogen-bond donors (Lipinski definition) is 0. The lowest BCUT2D eigenvalue weighted by Gasteiger charge is -2.32. The minimum Gasteiger partial charge on any atom is -0.343 e. The predicted octanol–water partition coefficient (Wildman–Crippen LogP) is 9.63. The molecule has 0 bridgehead atoms. The molecule has 4 nitrogen and oxygen atoms in total. The number of piperidine rings is 1. The summed E-state index contributed by atoms with van der Waals surface area (Å²) in [4.78, 5) is 14.6. The standard InChI is InChI=1S/C30H54BrN3O/c1-2-3-4-5-6-7-8-9-10-11-12-13-14-15-16-17-18-19-20-21-30(35)33-24-22-29(23-25-33)34-27-28(31)26-32-34/h26-27,29H,2-25H2,1H3. The smallest absolute Gasteiger partial charge is 0.222 e. The van der Waals surface area contributed by atoms with E-state index in [-0.39, 0.29) is 0 Å². The first kappa shape index (κ1) is 30.4. The molecule has 1 aromatic rings. The Bertz CT molecular complexity index is 639. The molecule has 0 unspecified atom stereocenters. The molecule has 2 rings (SSSR count). The first-order valence-electron chi connectivity index (χ1n) is 15.2. The lowest BCUT2D eigenvalue weighted by atomic mass is 10.0. The van der Waals surface area contributed by atoms with Gasteiger partial charge in [-0.25, -0.2) is 0 Å². The van der Waals surface area contributed by atoms with Crippen LogP contribution in [0.25, 0.3) is 0 Å². The third-order valence-corrected chi connectivity index (χ3v) is 8.17. The van der Waals surface area contributed by atoms with E-state index >= 15 is 0 Å². The van der Waals surface area contributed by atoms with E-state index < -0.39 is 0 Å². The Morgan fingerprint density at radius 3 is 1.60 bits per heavy atom. The second-order valence-corrected chi connectivity index (χ2v) is 11.8. The normalized spacial score (nSPS) is 14.6. The average molecular weight is 553 g/mol. The second-order valence-electron chi connectivity index (χ2n) is 10.9. The maximum atomic E-state index is 12.5. The maximum Gasteiger partial charge on any atom is 0.222 e. The first-order valence-corrected chi connectivity index (χ1v) is 16.0.